The van der Waals surface area contributed by atoms with Crippen molar-refractivity contribution in [2.24, 2.45) is 11.8 Å². The lowest BCUT2D eigenvalue weighted by Crippen LogP contribution is -2.66. The zero-order chi connectivity index (χ0) is 70.9. The van der Waals surface area contributed by atoms with Gasteiger partial charge in [0.2, 0.25) is 11.8 Å². The van der Waals surface area contributed by atoms with Crippen LogP contribution in [-0.2, 0) is 71.9 Å². The van der Waals surface area contributed by atoms with Gasteiger partial charge in [-0.1, -0.05) is 48.5 Å². The molecule has 0 aliphatic carbocycles. The monoisotopic (exact) mass is 1450 g/mol. The zero-order valence-electron chi connectivity index (χ0n) is 53.0. The van der Waals surface area contributed by atoms with Crippen molar-refractivity contribution < 1.29 is 106 Å². The summed E-state index contributed by atoms with van der Waals surface area (Å²) in [5.41, 5.74) is 1.90. The molecule has 16 rings (SSSR count). The summed E-state index contributed by atoms with van der Waals surface area (Å²) < 4.78 is 47.9. The van der Waals surface area contributed by atoms with Crippen LogP contribution in [0.15, 0.2) is 179 Å². The molecule has 2 fully saturated rings. The predicted octanol–water partition coefficient (Wildman–Crippen LogP) is 10.5. The first-order chi connectivity index (χ1) is 49.3. The highest BCUT2D eigenvalue weighted by atomic mass is 32.2. The molecule has 7 atom stereocenters. The summed E-state index contributed by atoms with van der Waals surface area (Å²) in [4.78, 5) is 130. The molecule has 8 aliphatic heterocycles. The number of aliphatic carboxylic acids is 4. The average Bonchev–Trinajstić information content (AvgIpc) is 1.61. The van der Waals surface area contributed by atoms with Gasteiger partial charge in [0.25, 0.3) is 0 Å². The van der Waals surface area contributed by atoms with Crippen LogP contribution in [0.2, 0.25) is 0 Å². The van der Waals surface area contributed by atoms with Gasteiger partial charge in [-0.3, -0.25) is 24.1 Å². The normalized spacial score (nSPS) is 21.7. The van der Waals surface area contributed by atoms with Crippen molar-refractivity contribution in [3.05, 3.63) is 233 Å². The van der Waals surface area contributed by atoms with Crippen LogP contribution < -0.4 is 28.4 Å². The van der Waals surface area contributed by atoms with Crippen LogP contribution in [0.3, 0.4) is 0 Å². The number of carboxylic acid groups (broad SMARTS) is 4. The summed E-state index contributed by atoms with van der Waals surface area (Å²) in [5.74, 6) is -5.40. The van der Waals surface area contributed by atoms with Gasteiger partial charge in [0.05, 0.1) is 33.7 Å². The minimum atomic E-state index is -1.38. The summed E-state index contributed by atoms with van der Waals surface area (Å²) >= 11 is 5.64. The number of nitrogens with zero attached hydrogens (tertiary/aromatic N) is 2. The summed E-state index contributed by atoms with van der Waals surface area (Å²) in [7, 11) is 0. The number of amides is 2. The van der Waals surface area contributed by atoms with E-state index in [-0.39, 0.29) is 96.6 Å². The number of Topliss-reactive ketones (excluding diaryl/α,β-unsaturated/α-hetero) is 2. The van der Waals surface area contributed by atoms with E-state index in [0.717, 1.165) is 9.75 Å². The first-order valence-corrected chi connectivity index (χ1v) is 35.4. The molecule has 28 heteroatoms. The van der Waals surface area contributed by atoms with E-state index in [1.54, 1.807) is 115 Å². The van der Waals surface area contributed by atoms with Gasteiger partial charge in [-0.25, -0.2) is 28.8 Å². The van der Waals surface area contributed by atoms with E-state index >= 15 is 0 Å². The molecule has 4 N–H and O–H groups in total. The zero-order valence-corrected chi connectivity index (χ0v) is 56.3. The van der Waals surface area contributed by atoms with Crippen LogP contribution in [0.4, 0.5) is 0 Å². The molecule has 7 unspecified atom stereocenters. The van der Waals surface area contributed by atoms with Gasteiger partial charge in [0, 0.05) is 110 Å². The van der Waals surface area contributed by atoms with Gasteiger partial charge >= 0.3 is 35.8 Å². The Bertz CT molecular complexity index is 4900. The summed E-state index contributed by atoms with van der Waals surface area (Å²) in [6, 6.07) is 39.7. The Labute approximate surface area is 594 Å². The third-order valence-electron chi connectivity index (χ3n) is 18.4. The average molecular weight is 1450 g/mol. The first kappa shape index (κ1) is 66.7. The number of fused-ring (bicyclic) bond motifs is 14. The summed E-state index contributed by atoms with van der Waals surface area (Å²) in [5, 5.41) is 43.1. The number of thiophene rings is 2. The van der Waals surface area contributed by atoms with Gasteiger partial charge in [-0.15, -0.1) is 46.2 Å². The maximum absolute atomic E-state index is 13.2. The van der Waals surface area contributed by atoms with Gasteiger partial charge in [0.15, 0.2) is 30.5 Å². The second kappa shape index (κ2) is 26.7. The van der Waals surface area contributed by atoms with E-state index in [4.69, 9.17) is 48.1 Å². The maximum atomic E-state index is 13.2. The molecule has 102 heavy (non-hydrogen) atoms. The molecular formula is C74H54N2O22S4. The number of esters is 2. The minimum absolute atomic E-state index is 0.0453. The Morgan fingerprint density at radius 3 is 1.40 bits per heavy atom. The molecule has 2 amide bonds. The molecule has 0 saturated carbocycles. The lowest BCUT2D eigenvalue weighted by molar-refractivity contribution is -0.163. The van der Waals surface area contributed by atoms with Crippen molar-refractivity contribution in [3.63, 3.8) is 0 Å². The lowest BCUT2D eigenvalue weighted by Gasteiger charge is -2.51. The molecule has 2 aromatic heterocycles. The minimum Gasteiger partial charge on any atom is -0.489 e. The molecule has 2 spiro atoms. The van der Waals surface area contributed by atoms with E-state index < -0.39 is 94.8 Å². The molecular weight excluding hydrogens is 1400 g/mol. The Balaban J connectivity index is 0.000000165. The Morgan fingerprint density at radius 1 is 0.510 bits per heavy atom. The smallest absolute Gasteiger partial charge is 0.352 e. The number of β-lactam (4-membered cyclic amide) rings is 2. The fourth-order valence-corrected chi connectivity index (χ4v) is 18.1. The van der Waals surface area contributed by atoms with Crippen LogP contribution >= 0.6 is 46.2 Å². The molecule has 8 aromatic rings. The SMILES string of the molecule is O=C(O)COc1ccc2c(c1)Oc1cc(OCC3=C(C(=O)O)N4C(=O)C(CC(=O)Cc5cccs5)C4SC3)ccc1C21OC(=O)c2ccccc21.O=C(O)COc1ccc2c(c1)Oc1cc(OCC3=CSC4C(CC(=O)Cc5cccs5)C(=O)N4C3C(=O)O)ccc1C21OC(=O)c2ccccc21. The van der Waals surface area contributed by atoms with Crippen LogP contribution in [0.25, 0.3) is 0 Å². The highest BCUT2D eigenvalue weighted by Crippen LogP contribution is 2.59. The van der Waals surface area contributed by atoms with Crippen molar-refractivity contribution in [3.8, 4) is 46.0 Å². The lowest BCUT2D eigenvalue weighted by atomic mass is 9.77. The molecule has 2 saturated heterocycles. The van der Waals surface area contributed by atoms with Gasteiger partial charge in [-0.05, 0) is 89.0 Å². The van der Waals surface area contributed by atoms with Crippen molar-refractivity contribution in [2.75, 3.05) is 32.2 Å². The third-order valence-corrected chi connectivity index (χ3v) is 22.8. The van der Waals surface area contributed by atoms with Crippen LogP contribution in [0, 0.1) is 11.8 Å². The number of ether oxygens (including phenoxy) is 8. The number of hydrogen-bond acceptors (Lipinski definition) is 22. The second-order valence-corrected chi connectivity index (χ2v) is 28.8. The maximum Gasteiger partial charge on any atom is 0.352 e. The molecule has 516 valence electrons. The van der Waals surface area contributed by atoms with Gasteiger partial charge in [0.1, 0.15) is 76.5 Å². The van der Waals surface area contributed by atoms with Crippen LogP contribution in [0.1, 0.15) is 76.7 Å². The number of carbonyl (C=O) groups is 10. The van der Waals surface area contributed by atoms with E-state index in [0.29, 0.717) is 72.9 Å². The Kier molecular flexibility index (Phi) is 17.5. The number of benzene rings is 6. The second-order valence-electron chi connectivity index (χ2n) is 24.6. The van der Waals surface area contributed by atoms with E-state index in [2.05, 4.69) is 0 Å². The number of carboxylic acids is 4. The van der Waals surface area contributed by atoms with Crippen molar-refractivity contribution in [1.82, 2.24) is 9.80 Å². The third kappa shape index (κ3) is 11.8. The highest BCUT2D eigenvalue weighted by molar-refractivity contribution is 8.02. The quantitative estimate of drug-likeness (QED) is 0.0362. The predicted molar refractivity (Wildman–Crippen MR) is 364 cm³/mol. The first-order valence-electron chi connectivity index (χ1n) is 31.7. The van der Waals surface area contributed by atoms with Gasteiger partial charge < -0.3 is 63.2 Å². The molecule has 0 radical (unpaired) electrons. The van der Waals surface area contributed by atoms with Crippen LogP contribution in [-0.4, -0.2) is 138 Å². The fourth-order valence-electron chi connectivity index (χ4n) is 14.0. The topological polar surface area (TPSA) is 332 Å². The Hall–Kier alpha value is -11.2. The van der Waals surface area contributed by atoms with Crippen molar-refractivity contribution >= 4 is 105 Å². The molecule has 10 heterocycles. The van der Waals surface area contributed by atoms with Gasteiger partial charge in [-0.2, -0.15) is 0 Å². The number of thioether (sulfide) groups is 2. The van der Waals surface area contributed by atoms with E-state index in [1.165, 1.54) is 68.1 Å². The van der Waals surface area contributed by atoms with Crippen LogP contribution in [0.5, 0.6) is 46.0 Å². The number of hydrogen-bond donors (Lipinski definition) is 4. The number of rotatable bonds is 22. The van der Waals surface area contributed by atoms with E-state index in [9.17, 15) is 58.2 Å². The standard InChI is InChI=1S/2C37H27NO11S2/c2*39-20(12-23-4-3-11-50-23)13-25-33(42)38-32(35(43)44)19(18-51-34(25)38)16-46-21-7-9-27-29(14-21)48-30-15-22(47-17-31(40)41)8-10-28(30)37(27)26-6-2-1-5-24(26)36(45)49-37/h1-11,14-15,25,34H,12-13,16-18H2,(H,40,41)(H,43,44);1-11,14-15,18,25,32,34H,12-13,16-17H2,(H,40,41)(H,43,44). The molecule has 6 aromatic carbocycles. The molecule has 0 bridgehead atoms. The summed E-state index contributed by atoms with van der Waals surface area (Å²) in [6.45, 7) is -1.44. The molecule has 8 aliphatic rings. The number of ketones is 2. The van der Waals surface area contributed by atoms with Crippen molar-refractivity contribution in [1.29, 1.82) is 0 Å². The summed E-state index contributed by atoms with van der Waals surface area (Å²) in [6.07, 6.45) is 0.577. The van der Waals surface area contributed by atoms with Crippen molar-refractivity contribution in [2.45, 2.75) is 53.7 Å². The largest absolute Gasteiger partial charge is 0.489 e. The van der Waals surface area contributed by atoms with E-state index in [1.807, 2.05) is 35.0 Å². The Morgan fingerprint density at radius 2 is 0.961 bits per heavy atom. The highest BCUT2D eigenvalue weighted by Gasteiger charge is 2.58. The fraction of sp³-hybridized carbons (Fsp3) is 0.216. The number of carbonyl (C=O) groups excluding carboxylic acids is 6. The molecule has 24 nitrogen and oxygen atoms in total.